The number of fused-ring (bicyclic) bond motifs is 3. The number of aryl methyl sites for hydroxylation is 2. The van der Waals surface area contributed by atoms with Crippen molar-refractivity contribution in [1.29, 1.82) is 0 Å². The van der Waals surface area contributed by atoms with Crippen molar-refractivity contribution < 1.29 is 24.5 Å². The van der Waals surface area contributed by atoms with Crippen molar-refractivity contribution in [2.24, 2.45) is 0 Å². The monoisotopic (exact) mass is 272 g/mol. The van der Waals surface area contributed by atoms with Gasteiger partial charge in [-0.25, -0.2) is 4.79 Å². The second kappa shape index (κ2) is 3.90. The fourth-order valence-electron chi connectivity index (χ4n) is 2.69. The summed E-state index contributed by atoms with van der Waals surface area (Å²) >= 11 is 0. The Morgan fingerprint density at radius 2 is 1.70 bits per heavy atom. The van der Waals surface area contributed by atoms with Crippen LogP contribution in [0.5, 0.6) is 11.5 Å². The maximum atomic E-state index is 11.3. The zero-order valence-corrected chi connectivity index (χ0v) is 10.9. The normalized spacial score (nSPS) is 11.3. The van der Waals surface area contributed by atoms with E-state index < -0.39 is 5.97 Å². The van der Waals surface area contributed by atoms with Crippen molar-refractivity contribution in [3.8, 4) is 11.5 Å². The molecular formula is C15H12O5. The number of rotatable bonds is 1. The van der Waals surface area contributed by atoms with Crippen LogP contribution in [0.1, 0.15) is 21.5 Å². The van der Waals surface area contributed by atoms with Gasteiger partial charge in [-0.05, 0) is 31.0 Å². The first-order valence-corrected chi connectivity index (χ1v) is 6.02. The highest BCUT2D eigenvalue weighted by Gasteiger charge is 2.21. The lowest BCUT2D eigenvalue weighted by molar-refractivity contribution is 0.0693. The lowest BCUT2D eigenvalue weighted by Gasteiger charge is -2.05. The Hall–Kier alpha value is -2.69. The van der Waals surface area contributed by atoms with Crippen molar-refractivity contribution in [3.05, 3.63) is 34.9 Å². The maximum Gasteiger partial charge on any atom is 0.339 e. The number of carboxylic acid groups (broad SMARTS) is 1. The van der Waals surface area contributed by atoms with Gasteiger partial charge in [0, 0.05) is 22.9 Å². The highest BCUT2D eigenvalue weighted by atomic mass is 16.4. The van der Waals surface area contributed by atoms with Gasteiger partial charge in [-0.15, -0.1) is 0 Å². The molecule has 0 aliphatic heterocycles. The average Bonchev–Trinajstić information content (AvgIpc) is 2.66. The standard InChI is InChI=1S/C15H12O5/c1-6-3-8(16)4-10-12(6)14-7(2)13(15(18)19)9(17)5-11(14)20-10/h3-5,16-17H,1-2H3,(H,18,19). The molecule has 3 rings (SSSR count). The summed E-state index contributed by atoms with van der Waals surface area (Å²) in [6.45, 7) is 3.44. The van der Waals surface area contributed by atoms with E-state index in [1.54, 1.807) is 13.0 Å². The van der Waals surface area contributed by atoms with Gasteiger partial charge >= 0.3 is 5.97 Å². The van der Waals surface area contributed by atoms with E-state index in [1.165, 1.54) is 12.1 Å². The highest BCUT2D eigenvalue weighted by Crippen LogP contribution is 2.39. The predicted octanol–water partition coefficient (Wildman–Crippen LogP) is 3.31. The third-order valence-corrected chi connectivity index (χ3v) is 3.49. The van der Waals surface area contributed by atoms with E-state index in [4.69, 9.17) is 4.42 Å². The number of hydrogen-bond acceptors (Lipinski definition) is 4. The molecule has 1 heterocycles. The van der Waals surface area contributed by atoms with E-state index in [1.807, 2.05) is 6.92 Å². The van der Waals surface area contributed by atoms with E-state index in [-0.39, 0.29) is 17.1 Å². The van der Waals surface area contributed by atoms with Gasteiger partial charge in [0.1, 0.15) is 28.2 Å². The van der Waals surface area contributed by atoms with Crippen molar-refractivity contribution >= 4 is 27.9 Å². The largest absolute Gasteiger partial charge is 0.508 e. The number of carboxylic acids is 1. The first-order chi connectivity index (χ1) is 9.40. The zero-order valence-electron chi connectivity index (χ0n) is 10.9. The van der Waals surface area contributed by atoms with Crippen LogP contribution in [-0.2, 0) is 0 Å². The predicted molar refractivity (Wildman–Crippen MR) is 73.5 cm³/mol. The summed E-state index contributed by atoms with van der Waals surface area (Å²) in [5.41, 5.74) is 1.95. The Kier molecular flexibility index (Phi) is 2.41. The van der Waals surface area contributed by atoms with Crippen LogP contribution in [0.3, 0.4) is 0 Å². The number of aromatic hydroxyl groups is 2. The third-order valence-electron chi connectivity index (χ3n) is 3.49. The maximum absolute atomic E-state index is 11.3. The molecule has 2 aromatic carbocycles. The van der Waals surface area contributed by atoms with E-state index in [2.05, 4.69) is 0 Å². The topological polar surface area (TPSA) is 90.9 Å². The van der Waals surface area contributed by atoms with E-state index >= 15 is 0 Å². The molecule has 3 aromatic rings. The molecule has 3 N–H and O–H groups in total. The quantitative estimate of drug-likeness (QED) is 0.632. The van der Waals surface area contributed by atoms with Crippen LogP contribution in [0.4, 0.5) is 0 Å². The Morgan fingerprint density at radius 3 is 2.35 bits per heavy atom. The second-order valence-corrected chi connectivity index (χ2v) is 4.81. The van der Waals surface area contributed by atoms with Gasteiger partial charge in [-0.2, -0.15) is 0 Å². The molecule has 0 spiro atoms. The molecule has 0 unspecified atom stereocenters. The van der Waals surface area contributed by atoms with Crippen LogP contribution < -0.4 is 0 Å². The lowest BCUT2D eigenvalue weighted by atomic mass is 9.99. The number of benzene rings is 2. The van der Waals surface area contributed by atoms with Gasteiger partial charge in [0.05, 0.1) is 0 Å². The van der Waals surface area contributed by atoms with Crippen LogP contribution in [0.25, 0.3) is 21.9 Å². The lowest BCUT2D eigenvalue weighted by Crippen LogP contribution is -2.00. The molecule has 0 radical (unpaired) electrons. The third kappa shape index (κ3) is 1.53. The summed E-state index contributed by atoms with van der Waals surface area (Å²) in [6.07, 6.45) is 0. The Bertz CT molecular complexity index is 873. The minimum Gasteiger partial charge on any atom is -0.508 e. The van der Waals surface area contributed by atoms with Crippen molar-refractivity contribution in [1.82, 2.24) is 0 Å². The average molecular weight is 272 g/mol. The molecule has 5 heteroatoms. The molecule has 20 heavy (non-hydrogen) atoms. The van der Waals surface area contributed by atoms with Crippen molar-refractivity contribution in [2.45, 2.75) is 13.8 Å². The van der Waals surface area contributed by atoms with Gasteiger partial charge in [-0.3, -0.25) is 0 Å². The molecule has 0 amide bonds. The Morgan fingerprint density at radius 1 is 1.05 bits per heavy atom. The van der Waals surface area contributed by atoms with Crippen LogP contribution >= 0.6 is 0 Å². The Balaban J connectivity index is 2.58. The summed E-state index contributed by atoms with van der Waals surface area (Å²) in [4.78, 5) is 11.3. The van der Waals surface area contributed by atoms with Crippen LogP contribution in [-0.4, -0.2) is 21.3 Å². The summed E-state index contributed by atoms with van der Waals surface area (Å²) in [6, 6.07) is 4.35. The number of aromatic carboxylic acids is 1. The summed E-state index contributed by atoms with van der Waals surface area (Å²) in [5.74, 6) is -1.44. The fourth-order valence-corrected chi connectivity index (χ4v) is 2.69. The second-order valence-electron chi connectivity index (χ2n) is 4.81. The van der Waals surface area contributed by atoms with Crippen LogP contribution in [0.2, 0.25) is 0 Å². The molecular weight excluding hydrogens is 260 g/mol. The number of phenols is 2. The molecule has 0 aliphatic carbocycles. The van der Waals surface area contributed by atoms with Gasteiger partial charge in [0.2, 0.25) is 0 Å². The molecule has 0 saturated carbocycles. The van der Waals surface area contributed by atoms with E-state index in [9.17, 15) is 20.1 Å². The zero-order chi connectivity index (χ0) is 14.6. The summed E-state index contributed by atoms with van der Waals surface area (Å²) < 4.78 is 5.60. The smallest absolute Gasteiger partial charge is 0.339 e. The van der Waals surface area contributed by atoms with Gasteiger partial charge in [0.25, 0.3) is 0 Å². The SMILES string of the molecule is Cc1cc(O)cc2oc3cc(O)c(C(=O)O)c(C)c3c12. The molecule has 0 bridgehead atoms. The summed E-state index contributed by atoms with van der Waals surface area (Å²) in [7, 11) is 0. The molecule has 0 fully saturated rings. The fraction of sp³-hybridized carbons (Fsp3) is 0.133. The molecule has 5 nitrogen and oxygen atoms in total. The van der Waals surface area contributed by atoms with Crippen LogP contribution in [0.15, 0.2) is 22.6 Å². The van der Waals surface area contributed by atoms with E-state index in [0.29, 0.717) is 22.1 Å². The number of hydrogen-bond donors (Lipinski definition) is 3. The summed E-state index contributed by atoms with van der Waals surface area (Å²) in [5, 5.41) is 30.0. The molecule has 1 aromatic heterocycles. The van der Waals surface area contributed by atoms with Crippen LogP contribution in [0, 0.1) is 13.8 Å². The van der Waals surface area contributed by atoms with Crippen molar-refractivity contribution in [3.63, 3.8) is 0 Å². The number of furan rings is 1. The molecule has 102 valence electrons. The highest BCUT2D eigenvalue weighted by molar-refractivity contribution is 6.12. The molecule has 0 saturated heterocycles. The Labute approximate surface area is 113 Å². The van der Waals surface area contributed by atoms with Crippen molar-refractivity contribution in [2.75, 3.05) is 0 Å². The number of phenolic OH excluding ortho intramolecular Hbond substituents is 1. The number of carbonyl (C=O) groups is 1. The minimum atomic E-state index is -1.19. The van der Waals surface area contributed by atoms with Gasteiger partial charge in [-0.1, -0.05) is 0 Å². The first-order valence-electron chi connectivity index (χ1n) is 6.02. The van der Waals surface area contributed by atoms with E-state index in [0.717, 1.165) is 10.9 Å². The van der Waals surface area contributed by atoms with Gasteiger partial charge < -0.3 is 19.7 Å². The molecule has 0 aliphatic rings. The first kappa shape index (κ1) is 12.3. The van der Waals surface area contributed by atoms with Gasteiger partial charge in [0.15, 0.2) is 0 Å². The molecule has 0 atom stereocenters. The minimum absolute atomic E-state index is 0.0781.